The fourth-order valence-electron chi connectivity index (χ4n) is 3.10. The van der Waals surface area contributed by atoms with Crippen LogP contribution in [0.3, 0.4) is 0 Å². The van der Waals surface area contributed by atoms with Gasteiger partial charge in [0.15, 0.2) is 5.78 Å². The van der Waals surface area contributed by atoms with E-state index in [1.165, 1.54) is 0 Å². The second-order valence-electron chi connectivity index (χ2n) is 6.56. The van der Waals surface area contributed by atoms with Crippen molar-refractivity contribution in [2.24, 2.45) is 0 Å². The van der Waals surface area contributed by atoms with Gasteiger partial charge in [-0.3, -0.25) is 9.59 Å². The molecule has 140 valence electrons. The molecule has 26 heavy (non-hydrogen) atoms. The van der Waals surface area contributed by atoms with E-state index in [4.69, 9.17) is 4.74 Å². The topological polar surface area (TPSA) is 71.2 Å². The van der Waals surface area contributed by atoms with Gasteiger partial charge in [0.05, 0.1) is 6.61 Å². The van der Waals surface area contributed by atoms with Crippen LogP contribution >= 0.6 is 0 Å². The number of Topliss-reactive ketones (excluding diaryl/α,β-unsaturated/α-hetero) is 1. The number of amides is 1. The molecule has 0 unspecified atom stereocenters. The zero-order valence-electron chi connectivity index (χ0n) is 16.1. The van der Waals surface area contributed by atoms with Gasteiger partial charge in [-0.2, -0.15) is 0 Å². The number of nitrogens with one attached hydrogen (secondary N) is 2. The number of carbonyl (C=O) groups is 2. The van der Waals surface area contributed by atoms with Crippen LogP contribution in [-0.2, 0) is 6.42 Å². The molecule has 5 nitrogen and oxygen atoms in total. The standard InChI is InChI=1S/C21H28N2O3/c1-5-8-18-19(16(4)24)15(3)23-20(18)21(25)22-11-7-12-26-17-10-6-9-14(2)13-17/h6,9-10,13,23H,5,7-8,11-12H2,1-4H3,(H,22,25). The van der Waals surface area contributed by atoms with Gasteiger partial charge in [0.2, 0.25) is 0 Å². The third-order valence-corrected chi connectivity index (χ3v) is 4.24. The largest absolute Gasteiger partial charge is 0.494 e. The molecule has 0 spiro atoms. The van der Waals surface area contributed by atoms with Crippen molar-refractivity contribution in [2.75, 3.05) is 13.2 Å². The number of rotatable bonds is 9. The molecule has 2 aromatic rings. The molecule has 0 saturated heterocycles. The minimum atomic E-state index is -0.167. The Morgan fingerprint density at radius 3 is 2.65 bits per heavy atom. The predicted molar refractivity (Wildman–Crippen MR) is 103 cm³/mol. The molecule has 2 rings (SSSR count). The summed E-state index contributed by atoms with van der Waals surface area (Å²) < 4.78 is 5.69. The molecule has 0 radical (unpaired) electrons. The molecule has 0 atom stereocenters. The van der Waals surface area contributed by atoms with Crippen LogP contribution in [0.4, 0.5) is 0 Å². The van der Waals surface area contributed by atoms with Crippen LogP contribution < -0.4 is 10.1 Å². The van der Waals surface area contributed by atoms with E-state index >= 15 is 0 Å². The fraction of sp³-hybridized carbons (Fsp3) is 0.429. The van der Waals surface area contributed by atoms with Crippen LogP contribution in [0.5, 0.6) is 5.75 Å². The summed E-state index contributed by atoms with van der Waals surface area (Å²) in [4.78, 5) is 27.5. The summed E-state index contributed by atoms with van der Waals surface area (Å²) in [6, 6.07) is 7.89. The summed E-state index contributed by atoms with van der Waals surface area (Å²) in [6.45, 7) is 8.49. The Morgan fingerprint density at radius 2 is 2.00 bits per heavy atom. The Bertz CT molecular complexity index is 778. The number of ketones is 1. The van der Waals surface area contributed by atoms with Crippen molar-refractivity contribution in [1.82, 2.24) is 10.3 Å². The van der Waals surface area contributed by atoms with Crippen molar-refractivity contribution in [3.63, 3.8) is 0 Å². The van der Waals surface area contributed by atoms with Gasteiger partial charge < -0.3 is 15.0 Å². The van der Waals surface area contributed by atoms with Crippen molar-refractivity contribution < 1.29 is 14.3 Å². The number of aromatic nitrogens is 1. The van der Waals surface area contributed by atoms with E-state index < -0.39 is 0 Å². The van der Waals surface area contributed by atoms with Gasteiger partial charge >= 0.3 is 0 Å². The third-order valence-electron chi connectivity index (χ3n) is 4.24. The van der Waals surface area contributed by atoms with Crippen molar-refractivity contribution in [1.29, 1.82) is 0 Å². The highest BCUT2D eigenvalue weighted by Crippen LogP contribution is 2.21. The number of hydrogen-bond acceptors (Lipinski definition) is 3. The van der Waals surface area contributed by atoms with Gasteiger partial charge in [-0.15, -0.1) is 0 Å². The quantitative estimate of drug-likeness (QED) is 0.527. The number of aromatic amines is 1. The zero-order chi connectivity index (χ0) is 19.1. The monoisotopic (exact) mass is 356 g/mol. The van der Waals surface area contributed by atoms with Gasteiger partial charge in [-0.05, 0) is 56.9 Å². The number of aryl methyl sites for hydroxylation is 2. The van der Waals surface area contributed by atoms with Gasteiger partial charge in [0, 0.05) is 17.8 Å². The van der Waals surface area contributed by atoms with Crippen LogP contribution in [0.25, 0.3) is 0 Å². The minimum Gasteiger partial charge on any atom is -0.494 e. The summed E-state index contributed by atoms with van der Waals surface area (Å²) >= 11 is 0. The third kappa shape index (κ3) is 4.97. The van der Waals surface area contributed by atoms with Crippen molar-refractivity contribution in [3.8, 4) is 5.75 Å². The Kier molecular flexibility index (Phi) is 7.01. The molecule has 2 N–H and O–H groups in total. The van der Waals surface area contributed by atoms with Crippen molar-refractivity contribution >= 4 is 11.7 Å². The van der Waals surface area contributed by atoms with Gasteiger partial charge in [0.25, 0.3) is 5.91 Å². The SMILES string of the molecule is CCCc1c(C(=O)NCCCOc2cccc(C)c2)[nH]c(C)c1C(C)=O. The molecule has 1 aromatic carbocycles. The Hall–Kier alpha value is -2.56. The molecule has 0 saturated carbocycles. The Morgan fingerprint density at radius 1 is 1.23 bits per heavy atom. The van der Waals surface area contributed by atoms with E-state index in [0.29, 0.717) is 37.3 Å². The number of H-pyrrole nitrogens is 1. The molecule has 0 aliphatic rings. The smallest absolute Gasteiger partial charge is 0.268 e. The van der Waals surface area contributed by atoms with E-state index in [1.54, 1.807) is 6.92 Å². The second-order valence-corrected chi connectivity index (χ2v) is 6.56. The molecular weight excluding hydrogens is 328 g/mol. The summed E-state index contributed by atoms with van der Waals surface area (Å²) in [5.41, 5.74) is 3.90. The van der Waals surface area contributed by atoms with Crippen LogP contribution in [0.1, 0.15) is 64.4 Å². The summed E-state index contributed by atoms with van der Waals surface area (Å²) in [7, 11) is 0. The first kappa shape index (κ1) is 19.8. The molecule has 0 aliphatic carbocycles. The van der Waals surface area contributed by atoms with Gasteiger partial charge in [-0.1, -0.05) is 25.5 Å². The molecule has 1 amide bonds. The van der Waals surface area contributed by atoms with E-state index in [0.717, 1.165) is 29.0 Å². The van der Waals surface area contributed by atoms with Crippen LogP contribution in [0, 0.1) is 13.8 Å². The number of ether oxygens (including phenoxy) is 1. The molecule has 0 fully saturated rings. The Balaban J connectivity index is 1.89. The van der Waals surface area contributed by atoms with Crippen molar-refractivity contribution in [3.05, 3.63) is 52.3 Å². The summed E-state index contributed by atoms with van der Waals surface area (Å²) in [6.07, 6.45) is 2.29. The lowest BCUT2D eigenvalue weighted by Crippen LogP contribution is -2.27. The van der Waals surface area contributed by atoms with Gasteiger partial charge in [0.1, 0.15) is 11.4 Å². The normalized spacial score (nSPS) is 10.6. The average molecular weight is 356 g/mol. The second kappa shape index (κ2) is 9.22. The summed E-state index contributed by atoms with van der Waals surface area (Å²) in [5.74, 6) is 0.667. The Labute approximate surface area is 155 Å². The average Bonchev–Trinajstić information content (AvgIpc) is 2.91. The number of benzene rings is 1. The highest BCUT2D eigenvalue weighted by Gasteiger charge is 2.21. The molecule has 1 aromatic heterocycles. The highest BCUT2D eigenvalue weighted by molar-refractivity contribution is 6.02. The van der Waals surface area contributed by atoms with Crippen molar-refractivity contribution in [2.45, 2.75) is 47.0 Å². The zero-order valence-corrected chi connectivity index (χ0v) is 16.1. The van der Waals surface area contributed by atoms with E-state index in [2.05, 4.69) is 10.3 Å². The lowest BCUT2D eigenvalue weighted by atomic mass is 10.0. The lowest BCUT2D eigenvalue weighted by molar-refractivity contribution is 0.0946. The molecule has 0 aliphatic heterocycles. The first-order valence-electron chi connectivity index (χ1n) is 9.14. The molecule has 1 heterocycles. The van der Waals surface area contributed by atoms with Crippen LogP contribution in [-0.4, -0.2) is 29.8 Å². The maximum Gasteiger partial charge on any atom is 0.268 e. The van der Waals surface area contributed by atoms with E-state index in [1.807, 2.05) is 45.0 Å². The molecule has 5 heteroatoms. The fourth-order valence-corrected chi connectivity index (χ4v) is 3.10. The number of hydrogen-bond donors (Lipinski definition) is 2. The van der Waals surface area contributed by atoms with Crippen LogP contribution in [0.15, 0.2) is 24.3 Å². The lowest BCUT2D eigenvalue weighted by Gasteiger charge is -2.09. The predicted octanol–water partition coefficient (Wildman–Crippen LogP) is 3.99. The first-order chi connectivity index (χ1) is 12.4. The minimum absolute atomic E-state index is 0.00666. The first-order valence-corrected chi connectivity index (χ1v) is 9.14. The van der Waals surface area contributed by atoms with E-state index in [-0.39, 0.29) is 11.7 Å². The maximum atomic E-state index is 12.5. The highest BCUT2D eigenvalue weighted by atomic mass is 16.5. The summed E-state index contributed by atoms with van der Waals surface area (Å²) in [5, 5.41) is 2.91. The van der Waals surface area contributed by atoms with E-state index in [9.17, 15) is 9.59 Å². The molecule has 0 bridgehead atoms. The maximum absolute atomic E-state index is 12.5. The van der Waals surface area contributed by atoms with Gasteiger partial charge in [-0.25, -0.2) is 0 Å². The van der Waals surface area contributed by atoms with Crippen LogP contribution in [0.2, 0.25) is 0 Å². The number of carbonyl (C=O) groups excluding carboxylic acids is 2. The molecular formula is C21H28N2O3.